The predicted octanol–water partition coefficient (Wildman–Crippen LogP) is 2.62. The fourth-order valence-corrected chi connectivity index (χ4v) is 3.20. The second-order valence-electron chi connectivity index (χ2n) is 7.46. The number of fused-ring (bicyclic) bond motifs is 1. The van der Waals surface area contributed by atoms with Crippen LogP contribution in [0.3, 0.4) is 0 Å². The number of pyridine rings is 1. The van der Waals surface area contributed by atoms with Gasteiger partial charge in [-0.25, -0.2) is 4.39 Å². The first-order valence-corrected chi connectivity index (χ1v) is 9.37. The number of nitrogens with one attached hydrogen (secondary N) is 1. The summed E-state index contributed by atoms with van der Waals surface area (Å²) in [6.07, 6.45) is 11.3. The first-order chi connectivity index (χ1) is 13.6. The van der Waals surface area contributed by atoms with Gasteiger partial charge in [-0.1, -0.05) is 31.1 Å². The molecule has 0 radical (unpaired) electrons. The van der Waals surface area contributed by atoms with E-state index in [0.717, 1.165) is 28.5 Å². The van der Waals surface area contributed by atoms with E-state index in [4.69, 9.17) is 4.74 Å². The van der Waals surface area contributed by atoms with E-state index in [0.29, 0.717) is 18.7 Å². The summed E-state index contributed by atoms with van der Waals surface area (Å²) in [7, 11) is 0. The van der Waals surface area contributed by atoms with E-state index in [1.807, 2.05) is 24.3 Å². The van der Waals surface area contributed by atoms with Crippen molar-refractivity contribution < 1.29 is 9.13 Å². The number of nitrogens with zero attached hydrogens (tertiary/aromatic N) is 2. The van der Waals surface area contributed by atoms with Gasteiger partial charge in [-0.15, -0.1) is 0 Å². The maximum Gasteiger partial charge on any atom is 0.139 e. The number of H-pyrrole nitrogens is 1. The number of ether oxygens (including phenoxy) is 1. The lowest BCUT2D eigenvalue weighted by Gasteiger charge is -2.27. The van der Waals surface area contributed by atoms with Crippen molar-refractivity contribution in [2.24, 2.45) is 10.4 Å². The summed E-state index contributed by atoms with van der Waals surface area (Å²) in [5, 5.41) is 0.787. The van der Waals surface area contributed by atoms with Gasteiger partial charge < -0.3 is 9.72 Å². The highest BCUT2D eigenvalue weighted by Crippen LogP contribution is 2.29. The van der Waals surface area contributed by atoms with E-state index in [1.54, 1.807) is 18.5 Å². The van der Waals surface area contributed by atoms with Crippen molar-refractivity contribution in [1.82, 2.24) is 9.97 Å². The summed E-state index contributed by atoms with van der Waals surface area (Å²) in [6.45, 7) is 3.59. The second-order valence-corrected chi connectivity index (χ2v) is 7.46. The zero-order valence-corrected chi connectivity index (χ0v) is 15.8. The maximum atomic E-state index is 13.4. The zero-order chi connectivity index (χ0) is 19.4. The van der Waals surface area contributed by atoms with Crippen LogP contribution in [-0.4, -0.2) is 29.3 Å². The van der Waals surface area contributed by atoms with Gasteiger partial charge in [0.1, 0.15) is 11.7 Å². The predicted molar refractivity (Wildman–Crippen MR) is 107 cm³/mol. The maximum absolute atomic E-state index is 13.4. The van der Waals surface area contributed by atoms with Crippen molar-refractivity contribution in [2.75, 3.05) is 13.2 Å². The van der Waals surface area contributed by atoms with Crippen molar-refractivity contribution >= 4 is 6.08 Å². The number of hydrogen-bond acceptors (Lipinski definition) is 3. The van der Waals surface area contributed by atoms with Crippen molar-refractivity contribution in [1.29, 1.82) is 0 Å². The molecule has 1 aliphatic heterocycles. The average molecular weight is 375 g/mol. The van der Waals surface area contributed by atoms with Crippen LogP contribution in [0.5, 0.6) is 0 Å². The molecule has 28 heavy (non-hydrogen) atoms. The van der Waals surface area contributed by atoms with Crippen LogP contribution < -0.4 is 10.7 Å². The molecule has 0 saturated carbocycles. The molecule has 0 fully saturated rings. The number of alkyl halides is 1. The van der Waals surface area contributed by atoms with Gasteiger partial charge in [-0.2, -0.15) is 0 Å². The van der Waals surface area contributed by atoms with Crippen LogP contribution in [0.1, 0.15) is 24.6 Å². The van der Waals surface area contributed by atoms with Crippen LogP contribution in [0.15, 0.2) is 59.4 Å². The number of rotatable bonds is 4. The molecule has 4 nitrogen and oxygen atoms in total. The Morgan fingerprint density at radius 2 is 2.18 bits per heavy atom. The Bertz CT molecular complexity index is 1090. The van der Waals surface area contributed by atoms with E-state index in [2.05, 4.69) is 45.9 Å². The molecule has 5 heteroatoms. The molecule has 3 heterocycles. The van der Waals surface area contributed by atoms with Crippen LogP contribution >= 0.6 is 0 Å². The summed E-state index contributed by atoms with van der Waals surface area (Å²) >= 11 is 0. The Kier molecular flexibility index (Phi) is 5.23. The van der Waals surface area contributed by atoms with Gasteiger partial charge in [0.2, 0.25) is 0 Å². The number of hydrogen-bond donors (Lipinski definition) is 1. The summed E-state index contributed by atoms with van der Waals surface area (Å²) in [4.78, 5) is 11.3. The van der Waals surface area contributed by atoms with Crippen molar-refractivity contribution in [3.8, 4) is 11.8 Å². The fraction of sp³-hybridized carbons (Fsp3) is 0.304. The summed E-state index contributed by atoms with van der Waals surface area (Å²) in [5.74, 6) is 6.29. The first-order valence-electron chi connectivity index (χ1n) is 9.37. The minimum Gasteiger partial charge on any atom is -0.376 e. The highest BCUT2D eigenvalue weighted by atomic mass is 19.1. The molecular weight excluding hydrogens is 353 g/mol. The largest absolute Gasteiger partial charge is 0.376 e. The summed E-state index contributed by atoms with van der Waals surface area (Å²) in [5.41, 5.74) is 3.53. The Morgan fingerprint density at radius 3 is 2.96 bits per heavy atom. The summed E-state index contributed by atoms with van der Waals surface area (Å²) < 4.78 is 19.3. The van der Waals surface area contributed by atoms with E-state index in [1.165, 1.54) is 0 Å². The van der Waals surface area contributed by atoms with Gasteiger partial charge in [0.25, 0.3) is 0 Å². The Hall–Kier alpha value is -2.97. The third-order valence-corrected chi connectivity index (χ3v) is 4.86. The first kappa shape index (κ1) is 18.4. The van der Waals surface area contributed by atoms with Crippen LogP contribution in [-0.2, 0) is 11.3 Å². The van der Waals surface area contributed by atoms with Gasteiger partial charge in [-0.3, -0.25) is 9.98 Å². The Balaban J connectivity index is 1.35. The van der Waals surface area contributed by atoms with E-state index >= 15 is 0 Å². The van der Waals surface area contributed by atoms with Crippen LogP contribution in [0.4, 0.5) is 4.39 Å². The molecule has 0 saturated heterocycles. The number of aromatic nitrogens is 2. The normalized spacial score (nSPS) is 22.9. The number of halogens is 1. The molecule has 0 amide bonds. The number of aromatic amines is 1. The van der Waals surface area contributed by atoms with Gasteiger partial charge in [0, 0.05) is 28.6 Å². The Labute approximate surface area is 163 Å². The van der Waals surface area contributed by atoms with Crippen molar-refractivity contribution in [3.63, 3.8) is 0 Å². The molecule has 2 aromatic rings. The quantitative estimate of drug-likeness (QED) is 0.836. The molecule has 0 bridgehead atoms. The fourth-order valence-electron chi connectivity index (χ4n) is 3.20. The van der Waals surface area contributed by atoms with Gasteiger partial charge in [-0.05, 0) is 42.2 Å². The van der Waals surface area contributed by atoms with Crippen LogP contribution in [0.2, 0.25) is 0 Å². The third kappa shape index (κ3) is 4.47. The van der Waals surface area contributed by atoms with Crippen molar-refractivity contribution in [3.05, 3.63) is 76.4 Å². The van der Waals surface area contributed by atoms with Crippen LogP contribution in [0.25, 0.3) is 6.08 Å². The molecule has 1 aliphatic carbocycles. The SMILES string of the molecule is CC1(COCc2ccncc2)C=CC(C#Cc2cc3c([nH]2)=NCC(F)C=3)=CC1. The molecule has 142 valence electrons. The van der Waals surface area contributed by atoms with Gasteiger partial charge in [0.05, 0.1) is 25.5 Å². The average Bonchev–Trinajstić information content (AvgIpc) is 3.10. The molecule has 1 N–H and O–H groups in total. The Morgan fingerprint density at radius 1 is 1.32 bits per heavy atom. The molecule has 2 atom stereocenters. The number of allylic oxidation sites excluding steroid dienone is 3. The van der Waals surface area contributed by atoms with Gasteiger partial charge >= 0.3 is 0 Å². The standard InChI is InChI=1S/C23H22FN3O/c1-23(16-28-15-18-6-10-25-11-7-18)8-4-17(5-9-23)2-3-21-13-19-12-20(24)14-26-22(19)27-21/h4-8,10-13,20H,9,14-16H2,1H3,(H,26,27). The topological polar surface area (TPSA) is 50.3 Å². The molecule has 0 aromatic carbocycles. The molecule has 2 aromatic heterocycles. The molecular formula is C23H22FN3O. The minimum absolute atomic E-state index is 0.0340. The molecule has 4 rings (SSSR count). The zero-order valence-electron chi connectivity index (χ0n) is 15.8. The molecule has 2 unspecified atom stereocenters. The monoisotopic (exact) mass is 375 g/mol. The lowest BCUT2D eigenvalue weighted by atomic mass is 9.83. The molecule has 2 aliphatic rings. The third-order valence-electron chi connectivity index (χ3n) is 4.86. The minimum atomic E-state index is -1.01. The van der Waals surface area contributed by atoms with E-state index in [-0.39, 0.29) is 12.0 Å². The summed E-state index contributed by atoms with van der Waals surface area (Å²) in [6, 6.07) is 5.77. The second kappa shape index (κ2) is 7.95. The lowest BCUT2D eigenvalue weighted by Crippen LogP contribution is -2.30. The highest BCUT2D eigenvalue weighted by Gasteiger charge is 2.22. The smallest absolute Gasteiger partial charge is 0.139 e. The van der Waals surface area contributed by atoms with Crippen molar-refractivity contribution in [2.45, 2.75) is 26.1 Å². The van der Waals surface area contributed by atoms with Crippen LogP contribution in [0, 0.1) is 17.3 Å². The molecule has 0 spiro atoms. The van der Waals surface area contributed by atoms with Gasteiger partial charge in [0.15, 0.2) is 0 Å². The van der Waals surface area contributed by atoms with E-state index in [9.17, 15) is 4.39 Å². The lowest BCUT2D eigenvalue weighted by molar-refractivity contribution is 0.0649. The van der Waals surface area contributed by atoms with E-state index < -0.39 is 6.17 Å². The highest BCUT2D eigenvalue weighted by molar-refractivity contribution is 5.46.